The van der Waals surface area contributed by atoms with Crippen LogP contribution >= 0.6 is 0 Å². The van der Waals surface area contributed by atoms with Crippen LogP contribution in [0.4, 0.5) is 0 Å². The molecule has 1 atom stereocenters. The molecule has 1 N–H and O–H groups in total. The van der Waals surface area contributed by atoms with E-state index in [1.807, 2.05) is 12.1 Å². The van der Waals surface area contributed by atoms with E-state index in [2.05, 4.69) is 5.32 Å². The zero-order valence-corrected chi connectivity index (χ0v) is 17.5. The molecule has 2 aliphatic heterocycles. The predicted octanol–water partition coefficient (Wildman–Crippen LogP) is 1.85. The molecule has 0 bridgehead atoms. The van der Waals surface area contributed by atoms with Gasteiger partial charge in [0.1, 0.15) is 6.04 Å². The standard InChI is InChI=1S/C21H29N3O4S/c25-20-11-10-19(22-20)21(26)23-12-14-24(15-13-23)29(27,28)18-8-6-17(7-9-18)16-4-2-1-3-5-16/h6-9,16,19H,1-5,10-15H2,(H,22,25)/t19-/m1/s1. The van der Waals surface area contributed by atoms with Gasteiger partial charge in [-0.05, 0) is 42.9 Å². The van der Waals surface area contributed by atoms with Gasteiger partial charge in [0.2, 0.25) is 21.8 Å². The summed E-state index contributed by atoms with van der Waals surface area (Å²) in [5.41, 5.74) is 1.23. The summed E-state index contributed by atoms with van der Waals surface area (Å²) in [6.45, 7) is 1.26. The maximum Gasteiger partial charge on any atom is 0.245 e. The van der Waals surface area contributed by atoms with Crippen LogP contribution in [-0.4, -0.2) is 61.7 Å². The van der Waals surface area contributed by atoms with Crippen LogP contribution < -0.4 is 5.32 Å². The van der Waals surface area contributed by atoms with E-state index in [0.29, 0.717) is 36.7 Å². The van der Waals surface area contributed by atoms with Crippen LogP contribution in [-0.2, 0) is 19.6 Å². The lowest BCUT2D eigenvalue weighted by atomic mass is 9.84. The average molecular weight is 420 g/mol. The molecule has 2 heterocycles. The van der Waals surface area contributed by atoms with Crippen LogP contribution in [0.15, 0.2) is 29.2 Å². The fourth-order valence-corrected chi connectivity index (χ4v) is 6.09. The highest BCUT2D eigenvalue weighted by molar-refractivity contribution is 7.89. The number of carbonyl (C=O) groups excluding carboxylic acids is 2. The van der Waals surface area contributed by atoms with Gasteiger partial charge < -0.3 is 10.2 Å². The molecule has 8 heteroatoms. The number of rotatable bonds is 4. The second kappa shape index (κ2) is 8.44. The van der Waals surface area contributed by atoms with E-state index in [-0.39, 0.29) is 24.9 Å². The third kappa shape index (κ3) is 4.33. The van der Waals surface area contributed by atoms with Crippen molar-refractivity contribution >= 4 is 21.8 Å². The molecule has 7 nitrogen and oxygen atoms in total. The van der Waals surface area contributed by atoms with Crippen molar-refractivity contribution in [2.45, 2.75) is 61.8 Å². The molecule has 1 aromatic rings. The first-order valence-corrected chi connectivity index (χ1v) is 12.1. The maximum atomic E-state index is 13.0. The summed E-state index contributed by atoms with van der Waals surface area (Å²) in [4.78, 5) is 25.8. The van der Waals surface area contributed by atoms with Gasteiger partial charge in [-0.25, -0.2) is 8.42 Å². The largest absolute Gasteiger partial charge is 0.344 e. The monoisotopic (exact) mass is 419 g/mol. The lowest BCUT2D eigenvalue weighted by molar-refractivity contribution is -0.135. The number of carbonyl (C=O) groups is 2. The Bertz CT molecular complexity index is 854. The van der Waals surface area contributed by atoms with Crippen molar-refractivity contribution in [1.82, 2.24) is 14.5 Å². The van der Waals surface area contributed by atoms with Crippen LogP contribution in [0.5, 0.6) is 0 Å². The Morgan fingerprint density at radius 1 is 0.931 bits per heavy atom. The van der Waals surface area contributed by atoms with Crippen molar-refractivity contribution in [3.05, 3.63) is 29.8 Å². The van der Waals surface area contributed by atoms with E-state index in [9.17, 15) is 18.0 Å². The minimum absolute atomic E-state index is 0.0961. The number of nitrogens with zero attached hydrogens (tertiary/aromatic N) is 2. The number of sulfonamides is 1. The van der Waals surface area contributed by atoms with Crippen LogP contribution in [0.1, 0.15) is 56.4 Å². The summed E-state index contributed by atoms with van der Waals surface area (Å²) >= 11 is 0. The average Bonchev–Trinajstić information content (AvgIpc) is 3.20. The Balaban J connectivity index is 1.37. The Labute approximate surface area is 172 Å². The van der Waals surface area contributed by atoms with Gasteiger partial charge in [0.25, 0.3) is 0 Å². The van der Waals surface area contributed by atoms with Gasteiger partial charge in [0.15, 0.2) is 0 Å². The lowest BCUT2D eigenvalue weighted by Gasteiger charge is -2.35. The van der Waals surface area contributed by atoms with Gasteiger partial charge >= 0.3 is 0 Å². The molecule has 2 saturated heterocycles. The molecule has 0 spiro atoms. The SMILES string of the molecule is O=C1CC[C@H](C(=O)N2CCN(S(=O)(=O)c3ccc(C4CCCCC4)cc3)CC2)N1. The first kappa shape index (κ1) is 20.3. The molecule has 29 heavy (non-hydrogen) atoms. The van der Waals surface area contributed by atoms with Gasteiger partial charge in [0, 0.05) is 32.6 Å². The van der Waals surface area contributed by atoms with Crippen LogP contribution in [0.2, 0.25) is 0 Å². The van der Waals surface area contributed by atoms with Gasteiger partial charge in [0.05, 0.1) is 4.90 Å². The maximum absolute atomic E-state index is 13.0. The Hall–Kier alpha value is -1.93. The van der Waals surface area contributed by atoms with Gasteiger partial charge in [-0.3, -0.25) is 9.59 Å². The summed E-state index contributed by atoms with van der Waals surface area (Å²) in [7, 11) is -3.56. The van der Waals surface area contributed by atoms with Crippen molar-refractivity contribution in [3.63, 3.8) is 0 Å². The van der Waals surface area contributed by atoms with E-state index in [0.717, 1.165) is 0 Å². The third-order valence-electron chi connectivity index (χ3n) is 6.44. The minimum atomic E-state index is -3.56. The summed E-state index contributed by atoms with van der Waals surface area (Å²) in [5, 5.41) is 2.69. The first-order valence-electron chi connectivity index (χ1n) is 10.6. The van der Waals surface area contributed by atoms with E-state index < -0.39 is 16.1 Å². The molecule has 4 rings (SSSR count). The highest BCUT2D eigenvalue weighted by atomic mass is 32.2. The molecular weight excluding hydrogens is 390 g/mol. The molecule has 158 valence electrons. The fourth-order valence-electron chi connectivity index (χ4n) is 4.67. The van der Waals surface area contributed by atoms with Crippen molar-refractivity contribution in [1.29, 1.82) is 0 Å². The summed E-state index contributed by atoms with van der Waals surface area (Å²) in [6, 6.07) is 6.92. The van der Waals surface area contributed by atoms with E-state index in [1.165, 1.54) is 42.0 Å². The highest BCUT2D eigenvalue weighted by Gasteiger charge is 2.35. The number of nitrogens with one attached hydrogen (secondary N) is 1. The molecule has 0 aromatic heterocycles. The molecule has 1 saturated carbocycles. The van der Waals surface area contributed by atoms with Crippen molar-refractivity contribution in [2.24, 2.45) is 0 Å². The normalized spacial score (nSPS) is 24.5. The first-order chi connectivity index (χ1) is 13.9. The predicted molar refractivity (Wildman–Crippen MR) is 109 cm³/mol. The van der Waals surface area contributed by atoms with Crippen LogP contribution in [0.3, 0.4) is 0 Å². The molecule has 1 aliphatic carbocycles. The van der Waals surface area contributed by atoms with Crippen molar-refractivity contribution in [3.8, 4) is 0 Å². The van der Waals surface area contributed by atoms with E-state index >= 15 is 0 Å². The number of hydrogen-bond acceptors (Lipinski definition) is 4. The van der Waals surface area contributed by atoms with E-state index in [4.69, 9.17) is 0 Å². The topological polar surface area (TPSA) is 86.8 Å². The second-order valence-corrected chi connectivity index (χ2v) is 10.2. The quantitative estimate of drug-likeness (QED) is 0.807. The Morgan fingerprint density at radius 3 is 2.17 bits per heavy atom. The molecule has 0 radical (unpaired) electrons. The molecule has 3 aliphatic rings. The fraction of sp³-hybridized carbons (Fsp3) is 0.619. The van der Waals surface area contributed by atoms with Crippen LogP contribution in [0, 0.1) is 0 Å². The smallest absolute Gasteiger partial charge is 0.245 e. The van der Waals surface area contributed by atoms with Crippen molar-refractivity contribution in [2.75, 3.05) is 26.2 Å². The van der Waals surface area contributed by atoms with Gasteiger partial charge in [-0.2, -0.15) is 4.31 Å². The number of hydrogen-bond donors (Lipinski definition) is 1. The molecular formula is C21H29N3O4S. The molecule has 1 aromatic carbocycles. The lowest BCUT2D eigenvalue weighted by Crippen LogP contribution is -2.54. The van der Waals surface area contributed by atoms with Gasteiger partial charge in [-0.15, -0.1) is 0 Å². The minimum Gasteiger partial charge on any atom is -0.344 e. The van der Waals surface area contributed by atoms with Crippen molar-refractivity contribution < 1.29 is 18.0 Å². The zero-order chi connectivity index (χ0) is 20.4. The molecule has 0 unspecified atom stereocenters. The summed E-state index contributed by atoms with van der Waals surface area (Å²) < 4.78 is 27.5. The Morgan fingerprint density at radius 2 is 1.59 bits per heavy atom. The highest BCUT2D eigenvalue weighted by Crippen LogP contribution is 2.33. The van der Waals surface area contributed by atoms with E-state index in [1.54, 1.807) is 17.0 Å². The van der Waals surface area contributed by atoms with Gasteiger partial charge in [-0.1, -0.05) is 31.4 Å². The third-order valence-corrected chi connectivity index (χ3v) is 8.35. The molecule has 3 fully saturated rings. The second-order valence-electron chi connectivity index (χ2n) is 8.29. The number of piperazine rings is 1. The Kier molecular flexibility index (Phi) is 5.92. The molecule has 2 amide bonds. The summed E-state index contributed by atoms with van der Waals surface area (Å²) in [6.07, 6.45) is 7.05. The number of benzene rings is 1. The van der Waals surface area contributed by atoms with Crippen LogP contribution in [0.25, 0.3) is 0 Å². The number of amides is 2. The zero-order valence-electron chi connectivity index (χ0n) is 16.7. The summed E-state index contributed by atoms with van der Waals surface area (Å²) in [5.74, 6) is 0.345.